The van der Waals surface area contributed by atoms with Crippen molar-refractivity contribution in [1.82, 2.24) is 9.55 Å². The molecule has 1 rings (SSSR count). The average Bonchev–Trinajstić information content (AvgIpc) is 2.36. The Labute approximate surface area is 73.8 Å². The SMILES string of the molecule is CC(C)CCNc1nccn1C. The van der Waals surface area contributed by atoms with Crippen LogP contribution in [0, 0.1) is 5.92 Å². The quantitative estimate of drug-likeness (QED) is 0.742. The first-order chi connectivity index (χ1) is 5.70. The maximum Gasteiger partial charge on any atom is 0.202 e. The van der Waals surface area contributed by atoms with Crippen LogP contribution in [0.4, 0.5) is 5.95 Å². The van der Waals surface area contributed by atoms with Crippen LogP contribution < -0.4 is 5.32 Å². The van der Waals surface area contributed by atoms with Gasteiger partial charge in [0.1, 0.15) is 0 Å². The van der Waals surface area contributed by atoms with Crippen LogP contribution >= 0.6 is 0 Å². The molecular formula is C9H17N3. The molecule has 0 saturated carbocycles. The Balaban J connectivity index is 2.29. The Bertz CT molecular complexity index is 227. The summed E-state index contributed by atoms with van der Waals surface area (Å²) in [6, 6.07) is 0. The molecule has 0 radical (unpaired) electrons. The van der Waals surface area contributed by atoms with E-state index < -0.39 is 0 Å². The number of aromatic nitrogens is 2. The van der Waals surface area contributed by atoms with Gasteiger partial charge in [-0.15, -0.1) is 0 Å². The number of hydrogen-bond acceptors (Lipinski definition) is 2. The standard InChI is InChI=1S/C9H17N3/c1-8(2)4-5-10-9-11-6-7-12(9)3/h6-8H,4-5H2,1-3H3,(H,10,11). The van der Waals surface area contributed by atoms with Crippen LogP contribution in [0.2, 0.25) is 0 Å². The topological polar surface area (TPSA) is 29.9 Å². The van der Waals surface area contributed by atoms with Gasteiger partial charge in [-0.25, -0.2) is 4.98 Å². The number of nitrogens with one attached hydrogen (secondary N) is 1. The minimum Gasteiger partial charge on any atom is -0.356 e. The van der Waals surface area contributed by atoms with Crippen LogP contribution in [0.5, 0.6) is 0 Å². The van der Waals surface area contributed by atoms with E-state index in [2.05, 4.69) is 24.1 Å². The van der Waals surface area contributed by atoms with Gasteiger partial charge < -0.3 is 9.88 Å². The van der Waals surface area contributed by atoms with E-state index in [0.29, 0.717) is 0 Å². The number of imidazole rings is 1. The van der Waals surface area contributed by atoms with E-state index in [-0.39, 0.29) is 0 Å². The van der Waals surface area contributed by atoms with Gasteiger partial charge in [-0.3, -0.25) is 0 Å². The monoisotopic (exact) mass is 167 g/mol. The Hall–Kier alpha value is -0.990. The van der Waals surface area contributed by atoms with Gasteiger partial charge in [0.05, 0.1) is 0 Å². The van der Waals surface area contributed by atoms with E-state index in [1.165, 1.54) is 6.42 Å². The molecule has 3 heteroatoms. The van der Waals surface area contributed by atoms with Gasteiger partial charge in [-0.2, -0.15) is 0 Å². The van der Waals surface area contributed by atoms with Gasteiger partial charge in [0.2, 0.25) is 5.95 Å². The Morgan fingerprint density at radius 2 is 2.33 bits per heavy atom. The first-order valence-electron chi connectivity index (χ1n) is 4.41. The Morgan fingerprint density at radius 3 is 2.83 bits per heavy atom. The second kappa shape index (κ2) is 4.14. The van der Waals surface area contributed by atoms with Crippen LogP contribution in [0.1, 0.15) is 20.3 Å². The minimum atomic E-state index is 0.748. The second-order valence-electron chi connectivity index (χ2n) is 3.47. The molecule has 0 bridgehead atoms. The zero-order valence-electron chi connectivity index (χ0n) is 8.04. The highest BCUT2D eigenvalue weighted by atomic mass is 15.2. The van der Waals surface area contributed by atoms with E-state index in [1.54, 1.807) is 6.20 Å². The molecule has 0 saturated heterocycles. The molecule has 1 heterocycles. The lowest BCUT2D eigenvalue weighted by molar-refractivity contribution is 0.605. The molecule has 1 aromatic rings. The van der Waals surface area contributed by atoms with Crippen LogP contribution in [0.15, 0.2) is 12.4 Å². The molecule has 3 nitrogen and oxygen atoms in total. The molecule has 68 valence electrons. The number of aryl methyl sites for hydroxylation is 1. The molecule has 1 N–H and O–H groups in total. The normalized spacial score (nSPS) is 10.7. The summed E-state index contributed by atoms with van der Waals surface area (Å²) in [6.45, 7) is 5.45. The lowest BCUT2D eigenvalue weighted by atomic mass is 10.1. The molecule has 0 unspecified atom stereocenters. The smallest absolute Gasteiger partial charge is 0.202 e. The highest BCUT2D eigenvalue weighted by molar-refractivity contribution is 5.24. The highest BCUT2D eigenvalue weighted by Gasteiger charge is 1.97. The van der Waals surface area contributed by atoms with E-state index in [1.807, 2.05) is 17.8 Å². The first kappa shape index (κ1) is 9.10. The molecule has 0 atom stereocenters. The third kappa shape index (κ3) is 2.57. The van der Waals surface area contributed by atoms with Crippen molar-refractivity contribution in [3.05, 3.63) is 12.4 Å². The lowest BCUT2D eigenvalue weighted by Gasteiger charge is -2.07. The number of rotatable bonds is 4. The maximum absolute atomic E-state index is 4.16. The summed E-state index contributed by atoms with van der Waals surface area (Å²) in [5.41, 5.74) is 0. The molecule has 0 aliphatic heterocycles. The fraction of sp³-hybridized carbons (Fsp3) is 0.667. The van der Waals surface area contributed by atoms with Crippen LogP contribution in [-0.2, 0) is 7.05 Å². The molecular weight excluding hydrogens is 150 g/mol. The van der Waals surface area contributed by atoms with Gasteiger partial charge in [0.25, 0.3) is 0 Å². The molecule has 0 fully saturated rings. The van der Waals surface area contributed by atoms with E-state index in [4.69, 9.17) is 0 Å². The van der Waals surface area contributed by atoms with E-state index in [0.717, 1.165) is 18.4 Å². The average molecular weight is 167 g/mol. The summed E-state index contributed by atoms with van der Waals surface area (Å²) >= 11 is 0. The fourth-order valence-electron chi connectivity index (χ4n) is 1.01. The van der Waals surface area contributed by atoms with Crippen LogP contribution in [0.3, 0.4) is 0 Å². The van der Waals surface area contributed by atoms with E-state index in [9.17, 15) is 0 Å². The predicted molar refractivity (Wildman–Crippen MR) is 51.2 cm³/mol. The number of nitrogens with zero attached hydrogens (tertiary/aromatic N) is 2. The summed E-state index contributed by atoms with van der Waals surface area (Å²) in [6.07, 6.45) is 4.93. The first-order valence-corrected chi connectivity index (χ1v) is 4.41. The van der Waals surface area contributed by atoms with Crippen LogP contribution in [0.25, 0.3) is 0 Å². The Morgan fingerprint density at radius 1 is 1.58 bits per heavy atom. The summed E-state index contributed by atoms with van der Waals surface area (Å²) in [5.74, 6) is 1.70. The van der Waals surface area contributed by atoms with Crippen LogP contribution in [-0.4, -0.2) is 16.1 Å². The van der Waals surface area contributed by atoms with Gasteiger partial charge in [-0.1, -0.05) is 13.8 Å². The minimum absolute atomic E-state index is 0.748. The number of hydrogen-bond donors (Lipinski definition) is 1. The molecule has 0 aliphatic carbocycles. The molecule has 0 spiro atoms. The van der Waals surface area contributed by atoms with Crippen molar-refractivity contribution in [2.45, 2.75) is 20.3 Å². The number of anilines is 1. The van der Waals surface area contributed by atoms with Crippen molar-refractivity contribution in [1.29, 1.82) is 0 Å². The Kier molecular flexibility index (Phi) is 3.14. The van der Waals surface area contributed by atoms with Crippen molar-refractivity contribution < 1.29 is 0 Å². The summed E-state index contributed by atoms with van der Waals surface area (Å²) < 4.78 is 1.99. The summed E-state index contributed by atoms with van der Waals surface area (Å²) in [4.78, 5) is 4.16. The predicted octanol–water partition coefficient (Wildman–Crippen LogP) is 1.88. The third-order valence-corrected chi connectivity index (χ3v) is 1.83. The lowest BCUT2D eigenvalue weighted by Crippen LogP contribution is -2.08. The zero-order valence-corrected chi connectivity index (χ0v) is 8.04. The van der Waals surface area contributed by atoms with Gasteiger partial charge >= 0.3 is 0 Å². The molecule has 0 amide bonds. The van der Waals surface area contributed by atoms with Gasteiger partial charge in [0.15, 0.2) is 0 Å². The van der Waals surface area contributed by atoms with Gasteiger partial charge in [-0.05, 0) is 12.3 Å². The van der Waals surface area contributed by atoms with E-state index >= 15 is 0 Å². The zero-order chi connectivity index (χ0) is 8.97. The molecule has 0 aliphatic rings. The maximum atomic E-state index is 4.16. The molecule has 0 aromatic carbocycles. The largest absolute Gasteiger partial charge is 0.356 e. The third-order valence-electron chi connectivity index (χ3n) is 1.83. The van der Waals surface area contributed by atoms with Gasteiger partial charge in [0, 0.05) is 26.0 Å². The van der Waals surface area contributed by atoms with Crippen molar-refractivity contribution in [2.24, 2.45) is 13.0 Å². The molecule has 1 aromatic heterocycles. The second-order valence-corrected chi connectivity index (χ2v) is 3.47. The molecule has 12 heavy (non-hydrogen) atoms. The van der Waals surface area contributed by atoms with Crippen molar-refractivity contribution in [3.8, 4) is 0 Å². The highest BCUT2D eigenvalue weighted by Crippen LogP contribution is 2.03. The summed E-state index contributed by atoms with van der Waals surface area (Å²) in [5, 5.41) is 3.28. The van der Waals surface area contributed by atoms with Crippen molar-refractivity contribution >= 4 is 5.95 Å². The fourth-order valence-corrected chi connectivity index (χ4v) is 1.01. The summed E-state index contributed by atoms with van der Waals surface area (Å²) in [7, 11) is 1.99. The van der Waals surface area contributed by atoms with Crippen molar-refractivity contribution in [3.63, 3.8) is 0 Å². The van der Waals surface area contributed by atoms with Crippen molar-refractivity contribution in [2.75, 3.05) is 11.9 Å².